The molecule has 1 amide bonds. The number of nitrogens with zero attached hydrogens (tertiary/aromatic N) is 7. The Bertz CT molecular complexity index is 513. The van der Waals surface area contributed by atoms with E-state index in [1.165, 1.54) is 21.3 Å². The van der Waals surface area contributed by atoms with Crippen molar-refractivity contribution in [1.29, 1.82) is 10.5 Å². The molecular weight excluding hydrogens is 292 g/mol. The summed E-state index contributed by atoms with van der Waals surface area (Å²) >= 11 is 1.21. The van der Waals surface area contributed by atoms with Crippen molar-refractivity contribution in [3.63, 3.8) is 0 Å². The predicted octanol–water partition coefficient (Wildman–Crippen LogP) is -0.620. The normalized spacial score (nSPS) is 9.86. The molecular formula is C11H16N8OS. The smallest absolute Gasteiger partial charge is 0.233 e. The largest absolute Gasteiger partial charge is 0.340 e. The molecule has 1 rings (SSSR count). The number of carbonyl (C=O) groups is 1. The van der Waals surface area contributed by atoms with Crippen LogP contribution in [-0.2, 0) is 11.3 Å². The first kappa shape index (κ1) is 16.9. The molecule has 1 aromatic heterocycles. The molecule has 0 bridgehead atoms. The van der Waals surface area contributed by atoms with E-state index >= 15 is 0 Å². The van der Waals surface area contributed by atoms with Gasteiger partial charge in [-0.05, 0) is 10.4 Å². The summed E-state index contributed by atoms with van der Waals surface area (Å²) in [4.78, 5) is 13.6. The summed E-state index contributed by atoms with van der Waals surface area (Å²) in [6.45, 7) is 1.54. The molecule has 0 fully saturated rings. The minimum absolute atomic E-state index is 0.146. The van der Waals surface area contributed by atoms with Gasteiger partial charge < -0.3 is 10.6 Å². The Balaban J connectivity index is 2.54. The molecule has 0 aromatic carbocycles. The fourth-order valence-electron chi connectivity index (χ4n) is 1.51. The number of rotatable bonds is 9. The number of aromatic nitrogens is 4. The lowest BCUT2D eigenvalue weighted by Crippen LogP contribution is -2.34. The van der Waals surface area contributed by atoms with Gasteiger partial charge >= 0.3 is 0 Å². The van der Waals surface area contributed by atoms with Crippen LogP contribution in [-0.4, -0.2) is 56.4 Å². The van der Waals surface area contributed by atoms with Crippen LogP contribution in [0.3, 0.4) is 0 Å². The summed E-state index contributed by atoms with van der Waals surface area (Å²) in [5.74, 6) is 0.00901. The molecule has 0 saturated heterocycles. The highest BCUT2D eigenvalue weighted by atomic mass is 32.2. The van der Waals surface area contributed by atoms with Crippen LogP contribution < -0.4 is 5.73 Å². The quantitative estimate of drug-likeness (QED) is 0.596. The van der Waals surface area contributed by atoms with Crippen molar-refractivity contribution in [3.8, 4) is 12.1 Å². The number of amides is 1. The van der Waals surface area contributed by atoms with Gasteiger partial charge in [0.1, 0.15) is 0 Å². The fraction of sp³-hybridized carbons (Fsp3) is 0.636. The van der Waals surface area contributed by atoms with E-state index < -0.39 is 0 Å². The van der Waals surface area contributed by atoms with Gasteiger partial charge in [-0.3, -0.25) is 4.79 Å². The van der Waals surface area contributed by atoms with Crippen LogP contribution in [0.1, 0.15) is 12.8 Å². The zero-order valence-corrected chi connectivity index (χ0v) is 12.3. The Morgan fingerprint density at radius 3 is 2.57 bits per heavy atom. The van der Waals surface area contributed by atoms with Crippen LogP contribution in [0.25, 0.3) is 0 Å². The molecule has 0 atom stereocenters. The van der Waals surface area contributed by atoms with E-state index in [0.717, 1.165) is 0 Å². The van der Waals surface area contributed by atoms with Crippen LogP contribution >= 0.6 is 11.8 Å². The van der Waals surface area contributed by atoms with Gasteiger partial charge in [0.25, 0.3) is 0 Å². The van der Waals surface area contributed by atoms with E-state index in [1.54, 1.807) is 0 Å². The molecule has 10 heteroatoms. The second kappa shape index (κ2) is 9.69. The van der Waals surface area contributed by atoms with E-state index in [-0.39, 0.29) is 24.5 Å². The molecule has 1 heterocycles. The summed E-state index contributed by atoms with van der Waals surface area (Å²) in [7, 11) is 0. The summed E-state index contributed by atoms with van der Waals surface area (Å²) < 4.78 is 1.53. The first-order chi connectivity index (χ1) is 10.2. The average Bonchev–Trinajstić information content (AvgIpc) is 2.93. The summed E-state index contributed by atoms with van der Waals surface area (Å²) in [5, 5.41) is 28.9. The number of nitriles is 2. The fourth-order valence-corrected chi connectivity index (χ4v) is 2.32. The number of nitrogens with two attached hydrogens (primary N) is 1. The highest BCUT2D eigenvalue weighted by molar-refractivity contribution is 7.99. The highest BCUT2D eigenvalue weighted by Crippen LogP contribution is 2.14. The van der Waals surface area contributed by atoms with Crippen molar-refractivity contribution >= 4 is 17.7 Å². The van der Waals surface area contributed by atoms with Crippen LogP contribution in [0.2, 0.25) is 0 Å². The zero-order chi connectivity index (χ0) is 15.5. The number of carbonyl (C=O) groups excluding carboxylic acids is 1. The summed E-state index contributed by atoms with van der Waals surface area (Å²) in [6, 6.07) is 3.98. The number of hydrogen-bond donors (Lipinski definition) is 1. The molecule has 0 unspecified atom stereocenters. The van der Waals surface area contributed by atoms with Gasteiger partial charge in [0.2, 0.25) is 11.1 Å². The van der Waals surface area contributed by atoms with Gasteiger partial charge in [-0.2, -0.15) is 10.5 Å². The lowest BCUT2D eigenvalue weighted by molar-refractivity contribution is -0.128. The molecule has 21 heavy (non-hydrogen) atoms. The first-order valence-corrected chi connectivity index (χ1v) is 7.32. The highest BCUT2D eigenvalue weighted by Gasteiger charge is 2.15. The second-order valence-electron chi connectivity index (χ2n) is 3.96. The lowest BCUT2D eigenvalue weighted by Gasteiger charge is -2.19. The average molecular weight is 308 g/mol. The van der Waals surface area contributed by atoms with Gasteiger partial charge in [0, 0.05) is 19.6 Å². The Morgan fingerprint density at radius 1 is 1.33 bits per heavy atom. The minimum Gasteiger partial charge on any atom is -0.340 e. The summed E-state index contributed by atoms with van der Waals surface area (Å²) in [6.07, 6.45) is 0.486. The van der Waals surface area contributed by atoms with Crippen molar-refractivity contribution < 1.29 is 4.79 Å². The molecule has 2 N–H and O–H groups in total. The van der Waals surface area contributed by atoms with Gasteiger partial charge in [-0.1, -0.05) is 11.8 Å². The van der Waals surface area contributed by atoms with Crippen LogP contribution in [0.4, 0.5) is 0 Å². The maximum Gasteiger partial charge on any atom is 0.233 e. The Morgan fingerprint density at radius 2 is 2.00 bits per heavy atom. The molecule has 112 valence electrons. The molecule has 0 aliphatic carbocycles. The van der Waals surface area contributed by atoms with Gasteiger partial charge in [0.05, 0.1) is 37.3 Å². The lowest BCUT2D eigenvalue weighted by atomic mass is 10.3. The van der Waals surface area contributed by atoms with Gasteiger partial charge in [0.15, 0.2) is 0 Å². The molecule has 9 nitrogen and oxygen atoms in total. The standard InChI is InChI=1S/C11H16N8OS/c12-3-1-6-18(7-2-4-13)10(20)9-21-11-15-16-17-19(11)8-5-14/h1-2,5-9,14H2. The third-order valence-corrected chi connectivity index (χ3v) is 3.45. The Hall–Kier alpha value is -2.17. The molecule has 1 aromatic rings. The van der Waals surface area contributed by atoms with Crippen molar-refractivity contribution in [3.05, 3.63) is 0 Å². The predicted molar refractivity (Wildman–Crippen MR) is 74.6 cm³/mol. The van der Waals surface area contributed by atoms with Crippen LogP contribution in [0.5, 0.6) is 0 Å². The third kappa shape index (κ3) is 5.77. The van der Waals surface area contributed by atoms with Gasteiger partial charge in [-0.15, -0.1) is 5.10 Å². The first-order valence-electron chi connectivity index (χ1n) is 6.33. The second-order valence-corrected chi connectivity index (χ2v) is 4.90. The van der Waals surface area contributed by atoms with Crippen molar-refractivity contribution in [2.45, 2.75) is 24.5 Å². The molecule has 0 saturated carbocycles. The van der Waals surface area contributed by atoms with Crippen LogP contribution in [0.15, 0.2) is 5.16 Å². The Kier molecular flexibility index (Phi) is 7.79. The Labute approximate surface area is 126 Å². The van der Waals surface area contributed by atoms with Crippen LogP contribution in [0, 0.1) is 22.7 Å². The maximum absolute atomic E-state index is 12.1. The zero-order valence-electron chi connectivity index (χ0n) is 11.5. The van der Waals surface area contributed by atoms with Gasteiger partial charge in [-0.25, -0.2) is 4.68 Å². The molecule has 0 aliphatic rings. The SMILES string of the molecule is N#CCCN(CCC#N)C(=O)CSc1nnnn1CCN. The number of hydrogen-bond acceptors (Lipinski definition) is 8. The monoisotopic (exact) mass is 308 g/mol. The molecule has 0 radical (unpaired) electrons. The minimum atomic E-state index is -0.146. The topological polar surface area (TPSA) is 138 Å². The van der Waals surface area contributed by atoms with E-state index in [2.05, 4.69) is 15.5 Å². The maximum atomic E-state index is 12.1. The van der Waals surface area contributed by atoms with E-state index in [1.807, 2.05) is 12.1 Å². The molecule has 0 spiro atoms. The van der Waals surface area contributed by atoms with E-state index in [4.69, 9.17) is 16.3 Å². The summed E-state index contributed by atoms with van der Waals surface area (Å²) in [5.41, 5.74) is 5.44. The van der Waals surface area contributed by atoms with E-state index in [9.17, 15) is 4.79 Å². The van der Waals surface area contributed by atoms with Crippen molar-refractivity contribution in [1.82, 2.24) is 25.1 Å². The third-order valence-electron chi connectivity index (χ3n) is 2.50. The number of tetrazole rings is 1. The number of thioether (sulfide) groups is 1. The van der Waals surface area contributed by atoms with Crippen molar-refractivity contribution in [2.75, 3.05) is 25.4 Å². The molecule has 0 aliphatic heterocycles. The van der Waals surface area contributed by atoms with E-state index in [0.29, 0.717) is 31.3 Å². The van der Waals surface area contributed by atoms with Crippen molar-refractivity contribution in [2.24, 2.45) is 5.73 Å².